The number of amides is 2. The van der Waals surface area contributed by atoms with Crippen molar-refractivity contribution in [2.75, 3.05) is 13.1 Å². The van der Waals surface area contributed by atoms with Crippen molar-refractivity contribution in [2.24, 2.45) is 0 Å². The highest BCUT2D eigenvalue weighted by atomic mass is 16.7. The van der Waals surface area contributed by atoms with Crippen molar-refractivity contribution in [3.05, 3.63) is 29.8 Å². The zero-order valence-electron chi connectivity index (χ0n) is 19.8. The summed E-state index contributed by atoms with van der Waals surface area (Å²) in [4.78, 5) is 26.5. The number of carbonyl (C=O) groups excluding carboxylic acids is 2. The minimum absolute atomic E-state index is 0.0527. The molecule has 2 heterocycles. The number of likely N-dealkylation sites (tertiary alicyclic amines) is 1. The van der Waals surface area contributed by atoms with E-state index < -0.39 is 18.8 Å². The van der Waals surface area contributed by atoms with Crippen LogP contribution in [0.5, 0.6) is 0 Å². The molecule has 31 heavy (non-hydrogen) atoms. The quantitative estimate of drug-likeness (QED) is 0.744. The Morgan fingerprint density at radius 1 is 1.13 bits per heavy atom. The van der Waals surface area contributed by atoms with Gasteiger partial charge in [0.05, 0.1) is 23.7 Å². The summed E-state index contributed by atoms with van der Waals surface area (Å²) in [6, 6.07) is 7.74. The first-order chi connectivity index (χ1) is 14.3. The molecule has 1 aromatic carbocycles. The molecule has 1 aromatic rings. The molecule has 2 fully saturated rings. The minimum atomic E-state index is -0.537. The normalized spacial score (nSPS) is 22.5. The molecular weight excluding hydrogens is 395 g/mol. The average Bonchev–Trinajstić information content (AvgIpc) is 3.16. The number of rotatable bonds is 4. The Morgan fingerprint density at radius 3 is 2.26 bits per heavy atom. The summed E-state index contributed by atoms with van der Waals surface area (Å²) in [6.07, 6.45) is 0.611. The second-order valence-electron chi connectivity index (χ2n) is 10.5. The Morgan fingerprint density at radius 2 is 1.71 bits per heavy atom. The van der Waals surface area contributed by atoms with E-state index in [0.717, 1.165) is 17.4 Å². The molecule has 1 N–H and O–H groups in total. The summed E-state index contributed by atoms with van der Waals surface area (Å²) in [5, 5.41) is 2.85. The molecule has 0 aromatic heterocycles. The molecule has 8 heteroatoms. The molecule has 7 nitrogen and oxygen atoms in total. The first-order valence-corrected chi connectivity index (χ1v) is 11.0. The smallest absolute Gasteiger partial charge is 0.444 e. The number of nitrogens with zero attached hydrogens (tertiary/aromatic N) is 1. The van der Waals surface area contributed by atoms with Gasteiger partial charge in [-0.2, -0.15) is 0 Å². The van der Waals surface area contributed by atoms with E-state index in [1.54, 1.807) is 4.90 Å². The molecule has 1 atom stereocenters. The van der Waals surface area contributed by atoms with Gasteiger partial charge in [0.1, 0.15) is 5.60 Å². The van der Waals surface area contributed by atoms with Crippen molar-refractivity contribution in [1.29, 1.82) is 0 Å². The van der Waals surface area contributed by atoms with Crippen LogP contribution in [-0.2, 0) is 25.3 Å². The summed E-state index contributed by atoms with van der Waals surface area (Å²) in [5.41, 5.74) is 0.578. The summed E-state index contributed by atoms with van der Waals surface area (Å²) in [6.45, 7) is 14.7. The molecular formula is C23H35BN2O5. The Labute approximate surface area is 185 Å². The van der Waals surface area contributed by atoms with Gasteiger partial charge in [-0.25, -0.2) is 4.79 Å². The number of carbonyl (C=O) groups is 2. The molecule has 0 spiro atoms. The monoisotopic (exact) mass is 430 g/mol. The maximum absolute atomic E-state index is 12.7. The van der Waals surface area contributed by atoms with Crippen molar-refractivity contribution >= 4 is 24.6 Å². The maximum Gasteiger partial charge on any atom is 0.494 e. The average molecular weight is 430 g/mol. The van der Waals surface area contributed by atoms with Gasteiger partial charge in [-0.3, -0.25) is 4.79 Å². The van der Waals surface area contributed by atoms with Gasteiger partial charge in [-0.05, 0) is 65.9 Å². The van der Waals surface area contributed by atoms with Crippen LogP contribution in [0.2, 0.25) is 0 Å². The van der Waals surface area contributed by atoms with E-state index in [1.807, 2.05) is 72.7 Å². The van der Waals surface area contributed by atoms with Crippen LogP contribution in [0, 0.1) is 0 Å². The fourth-order valence-electron chi connectivity index (χ4n) is 3.64. The van der Waals surface area contributed by atoms with E-state index in [1.165, 1.54) is 0 Å². The van der Waals surface area contributed by atoms with Crippen LogP contribution in [0.4, 0.5) is 4.79 Å². The summed E-state index contributed by atoms with van der Waals surface area (Å²) < 4.78 is 17.5. The SMILES string of the molecule is CC(C)(C)OC(=O)NC1CCN(C(=O)Cc2ccc(B3OC(C)(C)C(C)(C)O3)cc2)C1. The van der Waals surface area contributed by atoms with Gasteiger partial charge in [-0.15, -0.1) is 0 Å². The van der Waals surface area contributed by atoms with E-state index in [0.29, 0.717) is 19.5 Å². The van der Waals surface area contributed by atoms with E-state index in [4.69, 9.17) is 14.0 Å². The Balaban J connectivity index is 1.51. The van der Waals surface area contributed by atoms with Crippen molar-refractivity contribution in [3.63, 3.8) is 0 Å². The predicted octanol–water partition coefficient (Wildman–Crippen LogP) is 2.65. The summed E-state index contributed by atoms with van der Waals surface area (Å²) in [7, 11) is -0.409. The van der Waals surface area contributed by atoms with Gasteiger partial charge in [-0.1, -0.05) is 24.3 Å². The van der Waals surface area contributed by atoms with Crippen molar-refractivity contribution in [2.45, 2.75) is 84.2 Å². The van der Waals surface area contributed by atoms with E-state index in [2.05, 4.69) is 5.32 Å². The standard InChI is InChI=1S/C23H35BN2O5/c1-21(2,3)29-20(28)25-18-12-13-26(15-18)19(27)14-16-8-10-17(11-9-16)24-30-22(4,5)23(6,7)31-24/h8-11,18H,12-15H2,1-7H3,(H,25,28). The third-order valence-corrected chi connectivity index (χ3v) is 6.12. The number of ether oxygens (including phenoxy) is 1. The molecule has 2 saturated heterocycles. The molecule has 0 saturated carbocycles. The molecule has 0 bridgehead atoms. The fourth-order valence-corrected chi connectivity index (χ4v) is 3.64. The van der Waals surface area contributed by atoms with Crippen molar-refractivity contribution in [3.8, 4) is 0 Å². The first kappa shape index (κ1) is 23.6. The summed E-state index contributed by atoms with van der Waals surface area (Å²) in [5.74, 6) is 0.0527. The van der Waals surface area contributed by atoms with E-state index in [9.17, 15) is 9.59 Å². The molecule has 3 rings (SSSR count). The van der Waals surface area contributed by atoms with Crippen LogP contribution in [0.25, 0.3) is 0 Å². The lowest BCUT2D eigenvalue weighted by Crippen LogP contribution is -2.41. The van der Waals surface area contributed by atoms with Crippen LogP contribution < -0.4 is 10.8 Å². The molecule has 1 unspecified atom stereocenters. The van der Waals surface area contributed by atoms with Crippen LogP contribution in [0.3, 0.4) is 0 Å². The molecule has 2 aliphatic rings. The van der Waals surface area contributed by atoms with Crippen LogP contribution in [0.15, 0.2) is 24.3 Å². The Bertz CT molecular complexity index is 800. The van der Waals surface area contributed by atoms with Gasteiger partial charge in [0.25, 0.3) is 0 Å². The number of hydrogen-bond donors (Lipinski definition) is 1. The fraction of sp³-hybridized carbons (Fsp3) is 0.652. The third kappa shape index (κ3) is 5.80. The highest BCUT2D eigenvalue weighted by Gasteiger charge is 2.51. The van der Waals surface area contributed by atoms with E-state index >= 15 is 0 Å². The summed E-state index contributed by atoms with van der Waals surface area (Å²) >= 11 is 0. The highest BCUT2D eigenvalue weighted by Crippen LogP contribution is 2.36. The topological polar surface area (TPSA) is 77.1 Å². The lowest BCUT2D eigenvalue weighted by Gasteiger charge is -2.32. The molecule has 0 aliphatic carbocycles. The molecule has 2 aliphatic heterocycles. The van der Waals surface area contributed by atoms with Crippen molar-refractivity contribution < 1.29 is 23.6 Å². The predicted molar refractivity (Wildman–Crippen MR) is 120 cm³/mol. The highest BCUT2D eigenvalue weighted by molar-refractivity contribution is 6.62. The molecule has 0 radical (unpaired) electrons. The third-order valence-electron chi connectivity index (χ3n) is 6.12. The number of alkyl carbamates (subject to hydrolysis) is 1. The van der Waals surface area contributed by atoms with Gasteiger partial charge < -0.3 is 24.3 Å². The van der Waals surface area contributed by atoms with Crippen LogP contribution in [0.1, 0.15) is 60.5 Å². The lowest BCUT2D eigenvalue weighted by molar-refractivity contribution is -0.129. The second-order valence-corrected chi connectivity index (χ2v) is 10.5. The largest absolute Gasteiger partial charge is 0.494 e. The van der Waals surface area contributed by atoms with Gasteiger partial charge in [0.2, 0.25) is 5.91 Å². The maximum atomic E-state index is 12.7. The van der Waals surface area contributed by atoms with Crippen LogP contribution >= 0.6 is 0 Å². The minimum Gasteiger partial charge on any atom is -0.444 e. The first-order valence-electron chi connectivity index (χ1n) is 11.0. The Hall–Kier alpha value is -2.06. The van der Waals surface area contributed by atoms with E-state index in [-0.39, 0.29) is 23.2 Å². The lowest BCUT2D eigenvalue weighted by atomic mass is 9.79. The van der Waals surface area contributed by atoms with Crippen molar-refractivity contribution in [1.82, 2.24) is 10.2 Å². The van der Waals surface area contributed by atoms with Gasteiger partial charge in [0.15, 0.2) is 0 Å². The second kappa shape index (κ2) is 8.47. The van der Waals surface area contributed by atoms with Gasteiger partial charge >= 0.3 is 13.2 Å². The number of hydrogen-bond acceptors (Lipinski definition) is 5. The molecule has 170 valence electrons. The zero-order valence-corrected chi connectivity index (χ0v) is 19.8. The molecule has 2 amide bonds. The van der Waals surface area contributed by atoms with Gasteiger partial charge in [0, 0.05) is 13.1 Å². The number of nitrogens with one attached hydrogen (secondary N) is 1. The van der Waals surface area contributed by atoms with Crippen LogP contribution in [-0.4, -0.2) is 60.0 Å². The zero-order chi connectivity index (χ0) is 23.0. The number of benzene rings is 1. The Kier molecular flexibility index (Phi) is 6.45.